The number of hydrogen-bond donors (Lipinski definition) is 1. The Hall–Kier alpha value is -0.620. The second kappa shape index (κ2) is 7.09. The molecule has 0 aliphatic heterocycles. The molecule has 114 valence electrons. The van der Waals surface area contributed by atoms with E-state index in [0.29, 0.717) is 10.0 Å². The van der Waals surface area contributed by atoms with E-state index in [1.807, 2.05) is 11.6 Å². The number of hydrogen-bond acceptors (Lipinski definition) is 3. The molecule has 0 saturated carbocycles. The predicted octanol–water partition coefficient (Wildman–Crippen LogP) is 4.63. The zero-order valence-corrected chi connectivity index (χ0v) is 15.2. The highest BCUT2D eigenvalue weighted by Crippen LogP contribution is 2.33. The van der Waals surface area contributed by atoms with E-state index in [4.69, 9.17) is 23.2 Å². The van der Waals surface area contributed by atoms with Gasteiger partial charge in [0.25, 0.3) is 0 Å². The zero-order chi connectivity index (χ0) is 15.6. The molecule has 4 nitrogen and oxygen atoms in total. The summed E-state index contributed by atoms with van der Waals surface area (Å²) >= 11 is 15.8. The minimum absolute atomic E-state index is 0.154. The van der Waals surface area contributed by atoms with Crippen molar-refractivity contribution in [3.05, 3.63) is 44.4 Å². The largest absolute Gasteiger partial charge is 0.304 e. The molecule has 1 N–H and O–H groups in total. The summed E-state index contributed by atoms with van der Waals surface area (Å²) in [7, 11) is 0. The lowest BCUT2D eigenvalue weighted by atomic mass is 10.1. The van der Waals surface area contributed by atoms with Gasteiger partial charge in [-0.3, -0.25) is 9.67 Å². The van der Waals surface area contributed by atoms with Crippen molar-refractivity contribution in [3.8, 4) is 0 Å². The molecule has 2 heterocycles. The molecule has 2 aromatic heterocycles. The molecule has 1 unspecified atom stereocenters. The molecule has 0 bridgehead atoms. The van der Waals surface area contributed by atoms with E-state index in [9.17, 15) is 0 Å². The van der Waals surface area contributed by atoms with Gasteiger partial charge in [0.2, 0.25) is 0 Å². The third-order valence-corrected chi connectivity index (χ3v) is 4.19. The summed E-state index contributed by atoms with van der Waals surface area (Å²) in [6.07, 6.45) is 3.40. The van der Waals surface area contributed by atoms with Crippen LogP contribution in [0, 0.1) is 0 Å². The Morgan fingerprint density at radius 2 is 2.05 bits per heavy atom. The normalized spacial score (nSPS) is 12.9. The van der Waals surface area contributed by atoms with Gasteiger partial charge in [0.05, 0.1) is 38.1 Å². The quantitative estimate of drug-likeness (QED) is 0.807. The first-order valence-corrected chi connectivity index (χ1v) is 8.27. The predicted molar refractivity (Wildman–Crippen MR) is 90.1 cm³/mol. The Balaban J connectivity index is 2.56. The van der Waals surface area contributed by atoms with Crippen molar-refractivity contribution in [2.45, 2.75) is 32.9 Å². The zero-order valence-electron chi connectivity index (χ0n) is 12.1. The number of pyridine rings is 1. The van der Waals surface area contributed by atoms with Gasteiger partial charge in [0.15, 0.2) is 0 Å². The van der Waals surface area contributed by atoms with Gasteiger partial charge in [-0.15, -0.1) is 0 Å². The van der Waals surface area contributed by atoms with Gasteiger partial charge < -0.3 is 5.32 Å². The van der Waals surface area contributed by atoms with Crippen molar-refractivity contribution in [2.24, 2.45) is 0 Å². The molecule has 1 atom stereocenters. The molecule has 0 radical (unpaired) electrons. The van der Waals surface area contributed by atoms with Gasteiger partial charge in [-0.25, -0.2) is 0 Å². The first-order chi connectivity index (χ1) is 9.95. The van der Waals surface area contributed by atoms with Crippen molar-refractivity contribution in [3.63, 3.8) is 0 Å². The molecule has 0 amide bonds. The fraction of sp³-hybridized carbons (Fsp3) is 0.429. The number of rotatable bonds is 5. The maximum Gasteiger partial charge on any atom is 0.0948 e. The Labute approximate surface area is 143 Å². The summed E-state index contributed by atoms with van der Waals surface area (Å²) < 4.78 is 2.89. The lowest BCUT2D eigenvalue weighted by molar-refractivity contribution is 0.472. The third kappa shape index (κ3) is 3.59. The monoisotopic (exact) mass is 390 g/mol. The highest BCUT2D eigenvalue weighted by Gasteiger charge is 2.25. The molecular weight excluding hydrogens is 375 g/mol. The number of aromatic nitrogens is 3. The molecular formula is C14H17BrCl2N4. The van der Waals surface area contributed by atoms with Crippen LogP contribution in [0.15, 0.2) is 22.9 Å². The minimum Gasteiger partial charge on any atom is -0.304 e. The second-order valence-electron chi connectivity index (χ2n) is 4.93. The Bertz CT molecular complexity index is 627. The SMILES string of the molecule is CCNC(c1ncc(Cl)cc1Cl)c1c(Br)cnn1C(C)C. The Kier molecular flexibility index (Phi) is 5.66. The lowest BCUT2D eigenvalue weighted by Crippen LogP contribution is -2.27. The minimum atomic E-state index is -0.154. The van der Waals surface area contributed by atoms with E-state index in [1.165, 1.54) is 0 Å². The van der Waals surface area contributed by atoms with Crippen molar-refractivity contribution in [2.75, 3.05) is 6.54 Å². The van der Waals surface area contributed by atoms with Crippen molar-refractivity contribution < 1.29 is 0 Å². The van der Waals surface area contributed by atoms with Gasteiger partial charge in [-0.2, -0.15) is 5.10 Å². The van der Waals surface area contributed by atoms with Gasteiger partial charge in [-0.1, -0.05) is 30.1 Å². The van der Waals surface area contributed by atoms with Crippen LogP contribution in [0.25, 0.3) is 0 Å². The highest BCUT2D eigenvalue weighted by molar-refractivity contribution is 9.10. The van der Waals surface area contributed by atoms with E-state index in [0.717, 1.165) is 22.4 Å². The summed E-state index contributed by atoms with van der Waals surface area (Å²) in [4.78, 5) is 4.41. The van der Waals surface area contributed by atoms with Gasteiger partial charge in [0.1, 0.15) is 0 Å². The van der Waals surface area contributed by atoms with Gasteiger partial charge in [-0.05, 0) is 42.4 Å². The fourth-order valence-corrected chi connectivity index (χ4v) is 3.19. The first kappa shape index (κ1) is 16.7. The van der Waals surface area contributed by atoms with Crippen molar-refractivity contribution in [1.29, 1.82) is 0 Å². The smallest absolute Gasteiger partial charge is 0.0948 e. The van der Waals surface area contributed by atoms with E-state index in [-0.39, 0.29) is 12.1 Å². The van der Waals surface area contributed by atoms with E-state index in [2.05, 4.69) is 45.2 Å². The van der Waals surface area contributed by atoms with Crippen LogP contribution in [0.5, 0.6) is 0 Å². The molecule has 0 aliphatic rings. The lowest BCUT2D eigenvalue weighted by Gasteiger charge is -2.22. The topological polar surface area (TPSA) is 42.7 Å². The van der Waals surface area contributed by atoms with Gasteiger partial charge >= 0.3 is 0 Å². The number of nitrogens with zero attached hydrogens (tertiary/aromatic N) is 3. The van der Waals surface area contributed by atoms with Gasteiger partial charge in [0, 0.05) is 12.2 Å². The molecule has 0 saturated heterocycles. The molecule has 7 heteroatoms. The summed E-state index contributed by atoms with van der Waals surface area (Å²) in [5.74, 6) is 0. The molecule has 2 rings (SSSR count). The van der Waals surface area contributed by atoms with Crippen LogP contribution in [0.1, 0.15) is 44.2 Å². The Morgan fingerprint density at radius 3 is 2.62 bits per heavy atom. The van der Waals surface area contributed by atoms with Crippen LogP contribution < -0.4 is 5.32 Å². The molecule has 2 aromatic rings. The summed E-state index contributed by atoms with van der Waals surface area (Å²) in [5.41, 5.74) is 1.74. The summed E-state index contributed by atoms with van der Waals surface area (Å²) in [6.45, 7) is 6.99. The molecule has 0 aromatic carbocycles. The van der Waals surface area contributed by atoms with Crippen LogP contribution in [0.4, 0.5) is 0 Å². The van der Waals surface area contributed by atoms with Crippen LogP contribution >= 0.6 is 39.1 Å². The van der Waals surface area contributed by atoms with Crippen molar-refractivity contribution in [1.82, 2.24) is 20.1 Å². The average Bonchev–Trinajstić information content (AvgIpc) is 2.79. The molecule has 21 heavy (non-hydrogen) atoms. The average molecular weight is 392 g/mol. The van der Waals surface area contributed by atoms with E-state index in [1.54, 1.807) is 18.5 Å². The van der Waals surface area contributed by atoms with Crippen LogP contribution in [0.2, 0.25) is 10.0 Å². The molecule has 0 spiro atoms. The van der Waals surface area contributed by atoms with Crippen LogP contribution in [-0.4, -0.2) is 21.3 Å². The standard InChI is InChI=1S/C14H17BrCl2N4/c1-4-18-13(12-11(17)5-9(16)6-19-12)14-10(15)7-20-21(14)8(2)3/h5-8,13,18H,4H2,1-3H3. The summed E-state index contributed by atoms with van der Waals surface area (Å²) in [6, 6.07) is 1.79. The maximum absolute atomic E-state index is 6.33. The first-order valence-electron chi connectivity index (χ1n) is 6.72. The second-order valence-corrected chi connectivity index (χ2v) is 6.63. The van der Waals surface area contributed by atoms with E-state index < -0.39 is 0 Å². The fourth-order valence-electron chi connectivity index (χ4n) is 2.20. The molecule has 0 fully saturated rings. The maximum atomic E-state index is 6.33. The van der Waals surface area contributed by atoms with Crippen LogP contribution in [0.3, 0.4) is 0 Å². The number of nitrogens with one attached hydrogen (secondary N) is 1. The third-order valence-electron chi connectivity index (χ3n) is 3.07. The Morgan fingerprint density at radius 1 is 1.33 bits per heavy atom. The van der Waals surface area contributed by atoms with Crippen molar-refractivity contribution >= 4 is 39.1 Å². The van der Waals surface area contributed by atoms with Crippen LogP contribution in [-0.2, 0) is 0 Å². The van der Waals surface area contributed by atoms with E-state index >= 15 is 0 Å². The molecule has 0 aliphatic carbocycles. The highest BCUT2D eigenvalue weighted by atomic mass is 79.9. The summed E-state index contributed by atoms with van der Waals surface area (Å²) in [5, 5.41) is 8.90. The number of halogens is 3.